The maximum Gasteiger partial charge on any atom is 0.137 e. The fourth-order valence-corrected chi connectivity index (χ4v) is 2.36. The number of hydrogen-bond acceptors (Lipinski definition) is 2. The maximum absolute atomic E-state index is 5.64. The van der Waals surface area contributed by atoms with Gasteiger partial charge in [0.05, 0.1) is 5.69 Å². The molecule has 2 heterocycles. The van der Waals surface area contributed by atoms with Crippen LogP contribution in [0.3, 0.4) is 0 Å². The molecular formula is C15H14BrN3. The van der Waals surface area contributed by atoms with Crippen LogP contribution in [-0.2, 0) is 13.0 Å². The molecule has 0 spiro atoms. The monoisotopic (exact) mass is 315 g/mol. The second-order valence-electron chi connectivity index (χ2n) is 4.54. The Kier molecular flexibility index (Phi) is 3.36. The molecule has 0 aliphatic carbocycles. The van der Waals surface area contributed by atoms with Gasteiger partial charge >= 0.3 is 0 Å². The zero-order valence-corrected chi connectivity index (χ0v) is 12.0. The summed E-state index contributed by atoms with van der Waals surface area (Å²) in [6.45, 7) is 0.547. The number of hydrogen-bond donors (Lipinski definition) is 1. The predicted octanol–water partition coefficient (Wildman–Crippen LogP) is 3.15. The van der Waals surface area contributed by atoms with E-state index in [2.05, 4.69) is 51.4 Å². The fourth-order valence-electron chi connectivity index (χ4n) is 2.10. The van der Waals surface area contributed by atoms with Gasteiger partial charge in [0.2, 0.25) is 0 Å². The smallest absolute Gasteiger partial charge is 0.137 e. The maximum atomic E-state index is 5.64. The Morgan fingerprint density at radius 1 is 1.11 bits per heavy atom. The molecule has 19 heavy (non-hydrogen) atoms. The van der Waals surface area contributed by atoms with Crippen molar-refractivity contribution in [3.63, 3.8) is 0 Å². The molecule has 2 N–H and O–H groups in total. The van der Waals surface area contributed by atoms with E-state index in [-0.39, 0.29) is 0 Å². The van der Waals surface area contributed by atoms with E-state index in [1.165, 1.54) is 5.56 Å². The van der Waals surface area contributed by atoms with E-state index < -0.39 is 0 Å². The van der Waals surface area contributed by atoms with Crippen LogP contribution in [0.1, 0.15) is 16.8 Å². The highest BCUT2D eigenvalue weighted by atomic mass is 79.9. The van der Waals surface area contributed by atoms with Crippen molar-refractivity contribution in [3.8, 4) is 0 Å². The Labute approximate surface area is 120 Å². The van der Waals surface area contributed by atoms with Crippen LogP contribution in [-0.4, -0.2) is 9.38 Å². The lowest BCUT2D eigenvalue weighted by atomic mass is 10.1. The molecule has 2 aromatic heterocycles. The van der Waals surface area contributed by atoms with Crippen molar-refractivity contribution in [2.45, 2.75) is 13.0 Å². The molecule has 0 fully saturated rings. The molecule has 0 aliphatic rings. The third-order valence-corrected chi connectivity index (χ3v) is 3.64. The zero-order chi connectivity index (χ0) is 13.2. The highest BCUT2D eigenvalue weighted by molar-refractivity contribution is 9.10. The topological polar surface area (TPSA) is 43.3 Å². The molecule has 3 nitrogen and oxygen atoms in total. The summed E-state index contributed by atoms with van der Waals surface area (Å²) in [7, 11) is 0. The summed E-state index contributed by atoms with van der Waals surface area (Å²) in [4.78, 5) is 4.63. The van der Waals surface area contributed by atoms with E-state index in [4.69, 9.17) is 5.73 Å². The summed E-state index contributed by atoms with van der Waals surface area (Å²) in [5.41, 5.74) is 10.0. The number of nitrogens with two attached hydrogens (primary N) is 1. The standard InChI is InChI=1S/C15H14BrN3/c16-13-3-1-11(2-4-13)7-14-10-19-6-5-12(9-17)8-15(19)18-14/h1-6,8,10H,7,9,17H2. The normalized spacial score (nSPS) is 11.1. The van der Waals surface area contributed by atoms with Crippen LogP contribution in [0.15, 0.2) is 53.3 Å². The van der Waals surface area contributed by atoms with Gasteiger partial charge in [-0.05, 0) is 35.4 Å². The van der Waals surface area contributed by atoms with Crippen molar-refractivity contribution in [3.05, 3.63) is 70.1 Å². The van der Waals surface area contributed by atoms with Crippen molar-refractivity contribution in [2.24, 2.45) is 5.73 Å². The van der Waals surface area contributed by atoms with Crippen LogP contribution >= 0.6 is 15.9 Å². The van der Waals surface area contributed by atoms with E-state index in [1.807, 2.05) is 22.7 Å². The lowest BCUT2D eigenvalue weighted by Crippen LogP contribution is -1.96. The molecule has 96 valence electrons. The van der Waals surface area contributed by atoms with E-state index in [0.29, 0.717) is 6.54 Å². The molecular weight excluding hydrogens is 302 g/mol. The van der Waals surface area contributed by atoms with Crippen LogP contribution in [0.2, 0.25) is 0 Å². The van der Waals surface area contributed by atoms with Crippen molar-refractivity contribution >= 4 is 21.6 Å². The molecule has 0 unspecified atom stereocenters. The number of benzene rings is 1. The molecule has 0 radical (unpaired) electrons. The first kappa shape index (κ1) is 12.4. The molecule has 0 amide bonds. The number of aromatic nitrogens is 2. The molecule has 4 heteroatoms. The minimum atomic E-state index is 0.547. The van der Waals surface area contributed by atoms with Crippen LogP contribution < -0.4 is 5.73 Å². The van der Waals surface area contributed by atoms with Gasteiger partial charge in [-0.1, -0.05) is 28.1 Å². The number of pyridine rings is 1. The van der Waals surface area contributed by atoms with Crippen molar-refractivity contribution < 1.29 is 0 Å². The van der Waals surface area contributed by atoms with Crippen molar-refractivity contribution in [1.29, 1.82) is 0 Å². The summed E-state index contributed by atoms with van der Waals surface area (Å²) in [5, 5.41) is 0. The lowest BCUT2D eigenvalue weighted by molar-refractivity contribution is 1.05. The molecule has 0 bridgehead atoms. The van der Waals surface area contributed by atoms with E-state index in [0.717, 1.165) is 27.8 Å². The van der Waals surface area contributed by atoms with E-state index in [1.54, 1.807) is 0 Å². The first-order valence-electron chi connectivity index (χ1n) is 6.15. The second-order valence-corrected chi connectivity index (χ2v) is 5.46. The van der Waals surface area contributed by atoms with Crippen LogP contribution in [0, 0.1) is 0 Å². The summed E-state index contributed by atoms with van der Waals surface area (Å²) in [6.07, 6.45) is 4.92. The van der Waals surface area contributed by atoms with E-state index >= 15 is 0 Å². The number of rotatable bonds is 3. The van der Waals surface area contributed by atoms with Gasteiger partial charge in [0.25, 0.3) is 0 Å². The molecule has 3 aromatic rings. The largest absolute Gasteiger partial charge is 0.326 e. The molecule has 0 atom stereocenters. The van der Waals surface area contributed by atoms with Crippen LogP contribution in [0.25, 0.3) is 5.65 Å². The number of nitrogens with zero attached hydrogens (tertiary/aromatic N) is 2. The van der Waals surface area contributed by atoms with Crippen LogP contribution in [0.4, 0.5) is 0 Å². The highest BCUT2D eigenvalue weighted by Gasteiger charge is 2.03. The van der Waals surface area contributed by atoms with Gasteiger partial charge in [-0.25, -0.2) is 4.98 Å². The summed E-state index contributed by atoms with van der Waals surface area (Å²) >= 11 is 3.44. The van der Waals surface area contributed by atoms with Gasteiger partial charge < -0.3 is 10.1 Å². The Balaban J connectivity index is 1.90. The molecule has 3 rings (SSSR count). The highest BCUT2D eigenvalue weighted by Crippen LogP contribution is 2.15. The Bertz CT molecular complexity index is 701. The minimum Gasteiger partial charge on any atom is -0.326 e. The predicted molar refractivity (Wildman–Crippen MR) is 80.0 cm³/mol. The number of halogens is 1. The fraction of sp³-hybridized carbons (Fsp3) is 0.133. The number of fused-ring (bicyclic) bond motifs is 1. The van der Waals surface area contributed by atoms with Crippen molar-refractivity contribution in [1.82, 2.24) is 9.38 Å². The second kappa shape index (κ2) is 5.15. The molecule has 0 saturated heterocycles. The third kappa shape index (κ3) is 2.69. The quantitative estimate of drug-likeness (QED) is 0.807. The van der Waals surface area contributed by atoms with E-state index in [9.17, 15) is 0 Å². The average molecular weight is 316 g/mol. The minimum absolute atomic E-state index is 0.547. The Morgan fingerprint density at radius 2 is 1.89 bits per heavy atom. The SMILES string of the molecule is NCc1ccn2cc(Cc3ccc(Br)cc3)nc2c1. The lowest BCUT2D eigenvalue weighted by Gasteiger charge is -1.97. The average Bonchev–Trinajstić information content (AvgIpc) is 2.82. The Hall–Kier alpha value is -1.65. The molecule has 0 saturated carbocycles. The van der Waals surface area contributed by atoms with Gasteiger partial charge in [0, 0.05) is 29.8 Å². The van der Waals surface area contributed by atoms with Gasteiger partial charge in [0.1, 0.15) is 5.65 Å². The van der Waals surface area contributed by atoms with Gasteiger partial charge in [0.15, 0.2) is 0 Å². The van der Waals surface area contributed by atoms with Gasteiger partial charge in [-0.2, -0.15) is 0 Å². The molecule has 0 aliphatic heterocycles. The summed E-state index contributed by atoms with van der Waals surface area (Å²) < 4.78 is 3.13. The van der Waals surface area contributed by atoms with Crippen molar-refractivity contribution in [2.75, 3.05) is 0 Å². The zero-order valence-electron chi connectivity index (χ0n) is 10.4. The summed E-state index contributed by atoms with van der Waals surface area (Å²) in [6, 6.07) is 12.4. The first-order valence-corrected chi connectivity index (χ1v) is 6.95. The van der Waals surface area contributed by atoms with Gasteiger partial charge in [-0.15, -0.1) is 0 Å². The summed E-state index contributed by atoms with van der Waals surface area (Å²) in [5.74, 6) is 0. The third-order valence-electron chi connectivity index (χ3n) is 3.11. The van der Waals surface area contributed by atoms with Gasteiger partial charge in [-0.3, -0.25) is 0 Å². The Morgan fingerprint density at radius 3 is 2.63 bits per heavy atom. The number of imidazole rings is 1. The first-order chi connectivity index (χ1) is 9.24. The molecule has 1 aromatic carbocycles. The van der Waals surface area contributed by atoms with Crippen LogP contribution in [0.5, 0.6) is 0 Å².